The second-order valence-electron chi connectivity index (χ2n) is 7.52. The van der Waals surface area contributed by atoms with Crippen molar-refractivity contribution in [1.82, 2.24) is 5.32 Å². The van der Waals surface area contributed by atoms with Gasteiger partial charge in [0.25, 0.3) is 0 Å². The summed E-state index contributed by atoms with van der Waals surface area (Å²) in [5.74, 6) is 0.146. The molecule has 5 nitrogen and oxygen atoms in total. The molecule has 0 bridgehead atoms. The minimum atomic E-state index is -4.55. The molecule has 1 aromatic carbocycles. The average Bonchev–Trinajstić information content (AvgIpc) is 2.39. The Morgan fingerprint density at radius 3 is 2.40 bits per heavy atom. The quantitative estimate of drug-likeness (QED) is 0.798. The number of benzene rings is 1. The molecule has 2 rings (SSSR count). The summed E-state index contributed by atoms with van der Waals surface area (Å²) in [7, 11) is 0. The van der Waals surface area contributed by atoms with Crippen molar-refractivity contribution in [2.45, 2.75) is 64.1 Å². The molecular weight excluding hydrogens is 339 g/mol. The van der Waals surface area contributed by atoms with E-state index in [4.69, 9.17) is 9.47 Å². The molecule has 2 N–H and O–H groups in total. The highest BCUT2D eigenvalue weighted by atomic mass is 19.4. The van der Waals surface area contributed by atoms with Gasteiger partial charge in [-0.2, -0.15) is 13.2 Å². The van der Waals surface area contributed by atoms with Gasteiger partial charge in [-0.1, -0.05) is 0 Å². The summed E-state index contributed by atoms with van der Waals surface area (Å²) in [6.07, 6.45) is -6.72. The van der Waals surface area contributed by atoms with E-state index in [1.807, 2.05) is 0 Å². The number of ether oxygens (including phenoxy) is 2. The first kappa shape index (κ1) is 19.4. The van der Waals surface area contributed by atoms with E-state index in [0.717, 1.165) is 12.1 Å². The van der Waals surface area contributed by atoms with Gasteiger partial charge >= 0.3 is 12.3 Å². The van der Waals surface area contributed by atoms with Crippen LogP contribution in [0.5, 0.6) is 5.75 Å². The molecule has 0 fully saturated rings. The molecule has 1 heterocycles. The second-order valence-corrected chi connectivity index (χ2v) is 7.52. The number of aliphatic hydroxyl groups excluding tert-OH is 1. The SMILES string of the molecule is CC(C)(C)OC(=O)N[C@H]1[C@H](O)c2cc(C(F)(F)F)ccc2OC1(C)C. The van der Waals surface area contributed by atoms with Gasteiger partial charge < -0.3 is 19.9 Å². The van der Waals surface area contributed by atoms with Crippen molar-refractivity contribution in [3.05, 3.63) is 29.3 Å². The lowest BCUT2D eigenvalue weighted by molar-refractivity contribution is -0.137. The van der Waals surface area contributed by atoms with E-state index in [9.17, 15) is 23.1 Å². The van der Waals surface area contributed by atoms with E-state index < -0.39 is 41.2 Å². The first-order chi connectivity index (χ1) is 11.2. The Kier molecular flexibility index (Phi) is 4.71. The lowest BCUT2D eigenvalue weighted by Gasteiger charge is -2.43. The zero-order valence-electron chi connectivity index (χ0n) is 14.7. The highest BCUT2D eigenvalue weighted by Gasteiger charge is 2.45. The summed E-state index contributed by atoms with van der Waals surface area (Å²) in [6.45, 7) is 8.28. The van der Waals surface area contributed by atoms with Crippen LogP contribution < -0.4 is 10.1 Å². The van der Waals surface area contributed by atoms with Crippen molar-refractivity contribution in [3.63, 3.8) is 0 Å². The number of aliphatic hydroxyl groups is 1. The fourth-order valence-electron chi connectivity index (χ4n) is 2.64. The number of carbonyl (C=O) groups is 1. The topological polar surface area (TPSA) is 67.8 Å². The number of carbonyl (C=O) groups excluding carboxylic acids is 1. The second kappa shape index (κ2) is 6.09. The first-order valence-corrected chi connectivity index (χ1v) is 7.78. The predicted molar refractivity (Wildman–Crippen MR) is 84.3 cm³/mol. The van der Waals surface area contributed by atoms with Gasteiger partial charge in [-0.25, -0.2) is 4.79 Å². The molecule has 8 heteroatoms. The molecule has 1 aromatic rings. The van der Waals surface area contributed by atoms with Crippen molar-refractivity contribution in [2.75, 3.05) is 0 Å². The van der Waals surface area contributed by atoms with Crippen LogP contribution in [0.2, 0.25) is 0 Å². The monoisotopic (exact) mass is 361 g/mol. The lowest BCUT2D eigenvalue weighted by Crippen LogP contribution is -2.58. The van der Waals surface area contributed by atoms with Crippen LogP contribution in [0.3, 0.4) is 0 Å². The third-order valence-electron chi connectivity index (χ3n) is 3.77. The molecule has 0 saturated carbocycles. The summed E-state index contributed by atoms with van der Waals surface area (Å²) in [4.78, 5) is 12.0. The van der Waals surface area contributed by atoms with Crippen LogP contribution in [-0.2, 0) is 10.9 Å². The first-order valence-electron chi connectivity index (χ1n) is 7.78. The van der Waals surface area contributed by atoms with Gasteiger partial charge in [0.15, 0.2) is 0 Å². The summed E-state index contributed by atoms with van der Waals surface area (Å²) in [6, 6.07) is 1.91. The highest BCUT2D eigenvalue weighted by Crippen LogP contribution is 2.42. The van der Waals surface area contributed by atoms with Crippen LogP contribution in [0.25, 0.3) is 0 Å². The van der Waals surface area contributed by atoms with Crippen molar-refractivity contribution >= 4 is 6.09 Å². The zero-order chi connectivity index (χ0) is 19.2. The minimum absolute atomic E-state index is 0.0322. The number of halogens is 3. The molecule has 0 radical (unpaired) electrons. The Morgan fingerprint density at radius 1 is 1.28 bits per heavy atom. The maximum atomic E-state index is 12.9. The van der Waals surface area contributed by atoms with Crippen LogP contribution in [0.1, 0.15) is 51.8 Å². The number of hydrogen-bond donors (Lipinski definition) is 2. The minimum Gasteiger partial charge on any atom is -0.485 e. The third-order valence-corrected chi connectivity index (χ3v) is 3.77. The Bertz CT molecular complexity index is 665. The normalized spacial score (nSPS) is 22.6. The largest absolute Gasteiger partial charge is 0.485 e. The fourth-order valence-corrected chi connectivity index (χ4v) is 2.64. The van der Waals surface area contributed by atoms with Crippen LogP contribution in [0.4, 0.5) is 18.0 Å². The molecule has 25 heavy (non-hydrogen) atoms. The summed E-state index contributed by atoms with van der Waals surface area (Å²) in [5, 5.41) is 13.1. The molecular formula is C17H22F3NO4. The van der Waals surface area contributed by atoms with Crippen molar-refractivity contribution < 1.29 is 32.5 Å². The standard InChI is InChI=1S/C17H22F3NO4/c1-15(2,3)25-14(23)21-13-12(22)10-8-9(17(18,19)20)6-7-11(10)24-16(13,4)5/h6-8,12-13,22H,1-5H3,(H,21,23)/t12-,13+/m1/s1. The van der Waals surface area contributed by atoms with E-state index in [1.54, 1.807) is 34.6 Å². The van der Waals surface area contributed by atoms with Gasteiger partial charge in [0.05, 0.1) is 5.56 Å². The Hall–Kier alpha value is -1.96. The molecule has 0 spiro atoms. The van der Waals surface area contributed by atoms with Gasteiger partial charge in [0, 0.05) is 5.56 Å². The highest BCUT2D eigenvalue weighted by molar-refractivity contribution is 5.68. The molecule has 140 valence electrons. The van der Waals surface area contributed by atoms with Crippen molar-refractivity contribution in [2.24, 2.45) is 0 Å². The molecule has 0 unspecified atom stereocenters. The average molecular weight is 361 g/mol. The van der Waals surface area contributed by atoms with Crippen LogP contribution in [0, 0.1) is 0 Å². The number of hydrogen-bond acceptors (Lipinski definition) is 4. The van der Waals surface area contributed by atoms with Gasteiger partial charge in [0.1, 0.15) is 29.1 Å². The van der Waals surface area contributed by atoms with Gasteiger partial charge in [-0.3, -0.25) is 0 Å². The van der Waals surface area contributed by atoms with Gasteiger partial charge in [0.2, 0.25) is 0 Å². The maximum Gasteiger partial charge on any atom is 0.416 e. The maximum absolute atomic E-state index is 12.9. The molecule has 1 amide bonds. The lowest BCUT2D eigenvalue weighted by atomic mass is 9.85. The molecule has 0 saturated heterocycles. The predicted octanol–water partition coefficient (Wildman–Crippen LogP) is 3.80. The van der Waals surface area contributed by atoms with E-state index in [1.165, 1.54) is 6.07 Å². The van der Waals surface area contributed by atoms with Crippen molar-refractivity contribution in [1.29, 1.82) is 0 Å². The van der Waals surface area contributed by atoms with Crippen LogP contribution in [0.15, 0.2) is 18.2 Å². The fraction of sp³-hybridized carbons (Fsp3) is 0.588. The molecule has 0 aliphatic carbocycles. The van der Waals surface area contributed by atoms with E-state index in [-0.39, 0.29) is 11.3 Å². The summed E-state index contributed by atoms with van der Waals surface area (Å²) < 4.78 is 49.6. The molecule has 1 aliphatic heterocycles. The summed E-state index contributed by atoms with van der Waals surface area (Å²) >= 11 is 0. The van der Waals surface area contributed by atoms with Gasteiger partial charge in [-0.15, -0.1) is 0 Å². The van der Waals surface area contributed by atoms with E-state index in [0.29, 0.717) is 0 Å². The van der Waals surface area contributed by atoms with Crippen LogP contribution in [-0.4, -0.2) is 28.4 Å². The summed E-state index contributed by atoms with van der Waals surface area (Å²) in [5.41, 5.74) is -2.74. The number of rotatable bonds is 1. The van der Waals surface area contributed by atoms with E-state index >= 15 is 0 Å². The number of amides is 1. The Morgan fingerprint density at radius 2 is 1.88 bits per heavy atom. The Labute approximate surface area is 144 Å². The molecule has 0 aromatic heterocycles. The van der Waals surface area contributed by atoms with Crippen molar-refractivity contribution in [3.8, 4) is 5.75 Å². The number of nitrogens with one attached hydrogen (secondary N) is 1. The van der Waals surface area contributed by atoms with Crippen LogP contribution >= 0.6 is 0 Å². The number of fused-ring (bicyclic) bond motifs is 1. The molecule has 2 atom stereocenters. The smallest absolute Gasteiger partial charge is 0.416 e. The zero-order valence-corrected chi connectivity index (χ0v) is 14.7. The van der Waals surface area contributed by atoms with E-state index in [2.05, 4.69) is 5.32 Å². The van der Waals surface area contributed by atoms with Gasteiger partial charge in [-0.05, 0) is 52.8 Å². The number of alkyl carbamates (subject to hydrolysis) is 1. The Balaban J connectivity index is 2.33. The third kappa shape index (κ3) is 4.36. The molecule has 1 aliphatic rings. The number of alkyl halides is 3.